The van der Waals surface area contributed by atoms with Crippen LogP contribution >= 0.6 is 23.2 Å². The van der Waals surface area contributed by atoms with E-state index in [4.69, 9.17) is 27.6 Å². The number of hydrogen-bond acceptors (Lipinski definition) is 4. The molecule has 2 heterocycles. The third-order valence-corrected chi connectivity index (χ3v) is 4.25. The average Bonchev–Trinajstić information content (AvgIpc) is 2.54. The summed E-state index contributed by atoms with van der Waals surface area (Å²) in [5.41, 5.74) is 1.28. The number of hydrogen-bond donors (Lipinski definition) is 1. The quantitative estimate of drug-likeness (QED) is 0.697. The largest absolute Gasteiger partial charge is 0.507 e. The summed E-state index contributed by atoms with van der Waals surface area (Å²) in [6.45, 7) is 3.42. The molecular weight excluding hydrogens is 349 g/mol. The third kappa shape index (κ3) is 2.79. The molecule has 122 valence electrons. The van der Waals surface area contributed by atoms with Gasteiger partial charge >= 0.3 is 5.63 Å². The van der Waals surface area contributed by atoms with Gasteiger partial charge in [-0.3, -0.25) is 4.98 Å². The molecule has 1 aromatic carbocycles. The highest BCUT2D eigenvalue weighted by Gasteiger charge is 2.22. The molecule has 0 radical (unpaired) electrons. The molecule has 0 amide bonds. The summed E-state index contributed by atoms with van der Waals surface area (Å²) in [4.78, 5) is 16.7. The van der Waals surface area contributed by atoms with E-state index < -0.39 is 5.63 Å². The van der Waals surface area contributed by atoms with Crippen molar-refractivity contribution in [1.82, 2.24) is 4.98 Å². The molecule has 4 nitrogen and oxygen atoms in total. The number of aryl methyl sites for hydroxylation is 1. The number of rotatable bonds is 2. The van der Waals surface area contributed by atoms with Gasteiger partial charge in [0.1, 0.15) is 17.0 Å². The van der Waals surface area contributed by atoms with Crippen LogP contribution in [0.1, 0.15) is 11.1 Å². The normalized spacial score (nSPS) is 10.8. The van der Waals surface area contributed by atoms with Crippen molar-refractivity contribution in [2.45, 2.75) is 13.8 Å². The standard InChI is InChI=1S/C18H13Cl2NO3/c1-9-7-11(19)8-12(20)14(9)15-16(22)10(2)17(24-18(15)23)13-5-3-4-6-21-13/h3-8,22H,1-2H3. The van der Waals surface area contributed by atoms with Gasteiger partial charge in [-0.1, -0.05) is 29.3 Å². The van der Waals surface area contributed by atoms with Crippen molar-refractivity contribution in [2.24, 2.45) is 0 Å². The van der Waals surface area contributed by atoms with Crippen LogP contribution < -0.4 is 5.63 Å². The van der Waals surface area contributed by atoms with Crippen LogP contribution in [0, 0.1) is 13.8 Å². The molecule has 0 aliphatic rings. The summed E-state index contributed by atoms with van der Waals surface area (Å²) < 4.78 is 5.43. The Morgan fingerprint density at radius 1 is 1.12 bits per heavy atom. The van der Waals surface area contributed by atoms with Crippen LogP contribution in [-0.4, -0.2) is 10.1 Å². The molecule has 0 unspecified atom stereocenters. The van der Waals surface area contributed by atoms with Gasteiger partial charge in [-0.25, -0.2) is 4.79 Å². The van der Waals surface area contributed by atoms with Crippen LogP contribution in [-0.2, 0) is 0 Å². The van der Waals surface area contributed by atoms with E-state index in [9.17, 15) is 9.90 Å². The van der Waals surface area contributed by atoms with Crippen LogP contribution in [0.3, 0.4) is 0 Å². The SMILES string of the molecule is Cc1cc(Cl)cc(Cl)c1-c1c(O)c(C)c(-c2ccccn2)oc1=O. The molecule has 0 bridgehead atoms. The summed E-state index contributed by atoms with van der Waals surface area (Å²) in [5, 5.41) is 11.3. The number of aromatic nitrogens is 1. The van der Waals surface area contributed by atoms with Crippen LogP contribution in [0.2, 0.25) is 10.0 Å². The summed E-state index contributed by atoms with van der Waals surface area (Å²) in [7, 11) is 0. The predicted molar refractivity (Wildman–Crippen MR) is 94.8 cm³/mol. The Morgan fingerprint density at radius 3 is 2.50 bits per heavy atom. The van der Waals surface area contributed by atoms with Gasteiger partial charge in [0.2, 0.25) is 0 Å². The minimum atomic E-state index is -0.689. The van der Waals surface area contributed by atoms with Gasteiger partial charge in [0.05, 0.1) is 5.02 Å². The van der Waals surface area contributed by atoms with E-state index in [2.05, 4.69) is 4.98 Å². The second-order valence-electron chi connectivity index (χ2n) is 5.36. The molecular formula is C18H13Cl2NO3. The Hall–Kier alpha value is -2.30. The van der Waals surface area contributed by atoms with Gasteiger partial charge in [0.15, 0.2) is 5.76 Å². The van der Waals surface area contributed by atoms with Crippen molar-refractivity contribution in [3.63, 3.8) is 0 Å². The first-order chi connectivity index (χ1) is 11.4. The van der Waals surface area contributed by atoms with E-state index >= 15 is 0 Å². The van der Waals surface area contributed by atoms with Gasteiger partial charge in [0.25, 0.3) is 0 Å². The average molecular weight is 362 g/mol. The lowest BCUT2D eigenvalue weighted by Crippen LogP contribution is -2.08. The molecule has 24 heavy (non-hydrogen) atoms. The molecule has 6 heteroatoms. The van der Waals surface area contributed by atoms with Gasteiger partial charge in [0, 0.05) is 22.3 Å². The lowest BCUT2D eigenvalue weighted by molar-refractivity contribution is 0.449. The van der Waals surface area contributed by atoms with Gasteiger partial charge in [-0.2, -0.15) is 0 Å². The minimum absolute atomic E-state index is 0.0198. The smallest absolute Gasteiger partial charge is 0.348 e. The van der Waals surface area contributed by atoms with Crippen molar-refractivity contribution in [3.8, 4) is 28.3 Å². The van der Waals surface area contributed by atoms with E-state index in [0.29, 0.717) is 27.4 Å². The summed E-state index contributed by atoms with van der Waals surface area (Å²) in [6, 6.07) is 8.41. The van der Waals surface area contributed by atoms with E-state index in [1.165, 1.54) is 6.07 Å². The fourth-order valence-corrected chi connectivity index (χ4v) is 3.28. The zero-order chi connectivity index (χ0) is 17.4. The number of pyridine rings is 1. The summed E-state index contributed by atoms with van der Waals surface area (Å²) >= 11 is 12.2. The maximum absolute atomic E-state index is 12.5. The summed E-state index contributed by atoms with van der Waals surface area (Å²) in [6.07, 6.45) is 1.58. The Morgan fingerprint density at radius 2 is 1.88 bits per heavy atom. The van der Waals surface area contributed by atoms with Gasteiger partial charge < -0.3 is 9.52 Å². The topological polar surface area (TPSA) is 63.3 Å². The maximum Gasteiger partial charge on any atom is 0.348 e. The fourth-order valence-electron chi connectivity index (χ4n) is 2.59. The highest BCUT2D eigenvalue weighted by atomic mass is 35.5. The van der Waals surface area contributed by atoms with Crippen LogP contribution in [0.4, 0.5) is 0 Å². The summed E-state index contributed by atoms with van der Waals surface area (Å²) in [5.74, 6) is 0.0452. The van der Waals surface area contributed by atoms with Crippen molar-refractivity contribution in [2.75, 3.05) is 0 Å². The maximum atomic E-state index is 12.5. The Balaban J connectivity index is 2.30. The first-order valence-corrected chi connectivity index (χ1v) is 7.90. The van der Waals surface area contributed by atoms with Crippen LogP contribution in [0.5, 0.6) is 5.75 Å². The number of halogens is 2. The van der Waals surface area contributed by atoms with Crippen molar-refractivity contribution in [1.29, 1.82) is 0 Å². The molecule has 0 atom stereocenters. The van der Waals surface area contributed by atoms with Crippen molar-refractivity contribution >= 4 is 23.2 Å². The molecule has 0 aliphatic heterocycles. The first-order valence-electron chi connectivity index (χ1n) is 7.14. The zero-order valence-electron chi connectivity index (χ0n) is 12.9. The second-order valence-corrected chi connectivity index (χ2v) is 6.21. The molecule has 0 saturated heterocycles. The van der Waals surface area contributed by atoms with Crippen LogP contribution in [0.25, 0.3) is 22.6 Å². The molecule has 3 rings (SSSR count). The molecule has 3 aromatic rings. The predicted octanol–water partition coefficient (Wildman–Crippen LogP) is 5.00. The second kappa shape index (κ2) is 6.30. The van der Waals surface area contributed by atoms with E-state index in [1.54, 1.807) is 44.3 Å². The highest BCUT2D eigenvalue weighted by molar-refractivity contribution is 6.36. The molecule has 0 aliphatic carbocycles. The molecule has 0 fully saturated rings. The van der Waals surface area contributed by atoms with Gasteiger partial charge in [-0.05, 0) is 43.7 Å². The molecule has 0 saturated carbocycles. The van der Waals surface area contributed by atoms with Gasteiger partial charge in [-0.15, -0.1) is 0 Å². The minimum Gasteiger partial charge on any atom is -0.507 e. The number of nitrogens with zero attached hydrogens (tertiary/aromatic N) is 1. The molecule has 1 N–H and O–H groups in total. The number of benzene rings is 1. The highest BCUT2D eigenvalue weighted by Crippen LogP contribution is 2.39. The Bertz CT molecular complexity index is 959. The first kappa shape index (κ1) is 16.6. The fraction of sp³-hybridized carbons (Fsp3) is 0.111. The monoisotopic (exact) mass is 361 g/mol. The molecule has 0 spiro atoms. The van der Waals surface area contributed by atoms with E-state index in [1.807, 2.05) is 0 Å². The number of aromatic hydroxyl groups is 1. The Labute approximate surface area is 148 Å². The van der Waals surface area contributed by atoms with Crippen molar-refractivity contribution in [3.05, 3.63) is 68.1 Å². The van der Waals surface area contributed by atoms with Crippen LogP contribution in [0.15, 0.2) is 45.7 Å². The lowest BCUT2D eigenvalue weighted by Gasteiger charge is -2.13. The molecule has 2 aromatic heterocycles. The Kier molecular flexibility index (Phi) is 4.35. The zero-order valence-corrected chi connectivity index (χ0v) is 14.4. The van der Waals surface area contributed by atoms with E-state index in [-0.39, 0.29) is 22.1 Å². The lowest BCUT2D eigenvalue weighted by atomic mass is 9.99. The van der Waals surface area contributed by atoms with Crippen molar-refractivity contribution < 1.29 is 9.52 Å². The van der Waals surface area contributed by atoms with E-state index in [0.717, 1.165) is 0 Å². The third-order valence-electron chi connectivity index (χ3n) is 3.73.